The summed E-state index contributed by atoms with van der Waals surface area (Å²) in [5.74, 6) is 0.983. The standard InChI is InChI=1S/C20H13Cl2N3O2S2/c21-13-4-3-5-14(22)19(13)16-9-8-12(27-16)10-23-25-18(26)11-28-20-24-15-6-1-2-7-17(15)29-20/h1-10H,11H2,(H,25,26). The molecule has 29 heavy (non-hydrogen) atoms. The predicted molar refractivity (Wildman–Crippen MR) is 120 cm³/mol. The van der Waals surface area contributed by atoms with Gasteiger partial charge in [-0.1, -0.05) is 53.2 Å². The average Bonchev–Trinajstić information content (AvgIpc) is 3.33. The molecular formula is C20H13Cl2N3O2S2. The molecule has 4 aromatic rings. The summed E-state index contributed by atoms with van der Waals surface area (Å²) in [6, 6.07) is 16.6. The van der Waals surface area contributed by atoms with Crippen molar-refractivity contribution in [3.63, 3.8) is 0 Å². The van der Waals surface area contributed by atoms with E-state index in [-0.39, 0.29) is 11.7 Å². The quantitative estimate of drug-likeness (QED) is 0.213. The van der Waals surface area contributed by atoms with Crippen LogP contribution in [0, 0.1) is 0 Å². The first-order valence-electron chi connectivity index (χ1n) is 8.44. The van der Waals surface area contributed by atoms with E-state index < -0.39 is 0 Å². The number of para-hydroxylation sites is 1. The van der Waals surface area contributed by atoms with Gasteiger partial charge in [0.15, 0.2) is 4.34 Å². The lowest BCUT2D eigenvalue weighted by Crippen LogP contribution is -2.19. The van der Waals surface area contributed by atoms with Gasteiger partial charge in [-0.3, -0.25) is 4.79 Å². The van der Waals surface area contributed by atoms with Crippen LogP contribution in [0.1, 0.15) is 5.76 Å². The van der Waals surface area contributed by atoms with E-state index in [9.17, 15) is 4.79 Å². The topological polar surface area (TPSA) is 67.5 Å². The molecule has 0 spiro atoms. The Kier molecular flexibility index (Phi) is 6.20. The Morgan fingerprint density at radius 2 is 1.93 bits per heavy atom. The molecule has 2 aromatic carbocycles. The molecule has 0 bridgehead atoms. The monoisotopic (exact) mass is 461 g/mol. The Bertz CT molecular complexity index is 1150. The van der Waals surface area contributed by atoms with Crippen LogP contribution in [0.2, 0.25) is 10.0 Å². The van der Waals surface area contributed by atoms with E-state index in [1.165, 1.54) is 18.0 Å². The van der Waals surface area contributed by atoms with Gasteiger partial charge < -0.3 is 4.42 Å². The summed E-state index contributed by atoms with van der Waals surface area (Å²) in [7, 11) is 0. The lowest BCUT2D eigenvalue weighted by atomic mass is 10.2. The van der Waals surface area contributed by atoms with Crippen molar-refractivity contribution in [3.05, 3.63) is 70.4 Å². The predicted octanol–water partition coefficient (Wildman–Crippen LogP) is 6.11. The average molecular weight is 462 g/mol. The van der Waals surface area contributed by atoms with Crippen LogP contribution < -0.4 is 5.43 Å². The third kappa shape index (κ3) is 4.82. The van der Waals surface area contributed by atoms with E-state index in [4.69, 9.17) is 27.6 Å². The number of halogens is 2. The van der Waals surface area contributed by atoms with Gasteiger partial charge in [0.1, 0.15) is 11.5 Å². The molecule has 146 valence electrons. The fourth-order valence-corrected chi connectivity index (χ4v) is 4.97. The highest BCUT2D eigenvalue weighted by atomic mass is 35.5. The Morgan fingerprint density at radius 3 is 2.72 bits per heavy atom. The van der Waals surface area contributed by atoms with Gasteiger partial charge >= 0.3 is 0 Å². The lowest BCUT2D eigenvalue weighted by molar-refractivity contribution is -0.118. The second-order valence-corrected chi connectivity index (χ2v) is 8.90. The number of amides is 1. The molecular weight excluding hydrogens is 449 g/mol. The zero-order valence-electron chi connectivity index (χ0n) is 14.8. The molecule has 0 unspecified atom stereocenters. The van der Waals surface area contributed by atoms with Gasteiger partial charge in [-0.2, -0.15) is 5.10 Å². The first-order chi connectivity index (χ1) is 14.1. The minimum atomic E-state index is -0.230. The molecule has 5 nitrogen and oxygen atoms in total. The third-order valence-corrected chi connectivity index (χ3v) is 6.63. The number of nitrogens with zero attached hydrogens (tertiary/aromatic N) is 2. The minimum absolute atomic E-state index is 0.218. The van der Waals surface area contributed by atoms with Crippen molar-refractivity contribution in [1.29, 1.82) is 0 Å². The number of hydrogen-bond donors (Lipinski definition) is 1. The zero-order chi connectivity index (χ0) is 20.2. The van der Waals surface area contributed by atoms with E-state index in [0.717, 1.165) is 14.6 Å². The van der Waals surface area contributed by atoms with Crippen molar-refractivity contribution in [1.82, 2.24) is 10.4 Å². The molecule has 1 N–H and O–H groups in total. The summed E-state index contributed by atoms with van der Waals surface area (Å²) in [5.41, 5.74) is 4.03. The molecule has 0 saturated heterocycles. The van der Waals surface area contributed by atoms with Gasteiger partial charge in [0.25, 0.3) is 5.91 Å². The second-order valence-electron chi connectivity index (χ2n) is 5.83. The third-order valence-electron chi connectivity index (χ3n) is 3.82. The Hall–Kier alpha value is -2.32. The van der Waals surface area contributed by atoms with Crippen molar-refractivity contribution in [3.8, 4) is 11.3 Å². The fraction of sp³-hybridized carbons (Fsp3) is 0.0500. The number of benzene rings is 2. The van der Waals surface area contributed by atoms with Gasteiger partial charge in [-0.15, -0.1) is 11.3 Å². The van der Waals surface area contributed by atoms with E-state index in [2.05, 4.69) is 15.5 Å². The maximum Gasteiger partial charge on any atom is 0.250 e. The van der Waals surface area contributed by atoms with Gasteiger partial charge in [0.2, 0.25) is 0 Å². The van der Waals surface area contributed by atoms with E-state index >= 15 is 0 Å². The van der Waals surface area contributed by atoms with Crippen molar-refractivity contribution >= 4 is 68.6 Å². The number of thioether (sulfide) groups is 1. The number of carbonyl (C=O) groups is 1. The molecule has 2 heterocycles. The van der Waals surface area contributed by atoms with Crippen LogP contribution in [-0.2, 0) is 4.79 Å². The molecule has 0 radical (unpaired) electrons. The lowest BCUT2D eigenvalue weighted by Gasteiger charge is -2.02. The number of hydrazone groups is 1. The van der Waals surface area contributed by atoms with Gasteiger partial charge in [-0.05, 0) is 36.4 Å². The van der Waals surface area contributed by atoms with Crippen molar-refractivity contribution < 1.29 is 9.21 Å². The highest BCUT2D eigenvalue weighted by Gasteiger charge is 2.12. The second kappa shape index (κ2) is 9.00. The summed E-state index contributed by atoms with van der Waals surface area (Å²) >= 11 is 15.3. The number of hydrogen-bond acceptors (Lipinski definition) is 6. The molecule has 2 aromatic heterocycles. The number of thiazole rings is 1. The summed E-state index contributed by atoms with van der Waals surface area (Å²) in [4.78, 5) is 16.5. The summed E-state index contributed by atoms with van der Waals surface area (Å²) in [5, 5.41) is 4.93. The smallest absolute Gasteiger partial charge is 0.250 e. The maximum atomic E-state index is 12.0. The van der Waals surface area contributed by atoms with Gasteiger partial charge in [0.05, 0.1) is 37.8 Å². The number of rotatable bonds is 6. The van der Waals surface area contributed by atoms with Gasteiger partial charge in [-0.25, -0.2) is 10.4 Å². The Balaban J connectivity index is 1.33. The Morgan fingerprint density at radius 1 is 1.14 bits per heavy atom. The molecule has 0 aliphatic rings. The number of aromatic nitrogens is 1. The number of fused-ring (bicyclic) bond motifs is 1. The molecule has 0 atom stereocenters. The first-order valence-corrected chi connectivity index (χ1v) is 11.0. The van der Waals surface area contributed by atoms with Crippen molar-refractivity contribution in [2.45, 2.75) is 4.34 Å². The number of carbonyl (C=O) groups excluding carboxylic acids is 1. The Labute approximate surface area is 184 Å². The maximum absolute atomic E-state index is 12.0. The molecule has 0 aliphatic carbocycles. The molecule has 0 fully saturated rings. The SMILES string of the molecule is O=C(CSc1nc2ccccc2s1)NN=Cc1ccc(-c2c(Cl)cccc2Cl)o1. The van der Waals surface area contributed by atoms with Gasteiger partial charge in [0, 0.05) is 0 Å². The van der Waals surface area contributed by atoms with Crippen molar-refractivity contribution in [2.75, 3.05) is 5.75 Å². The number of nitrogens with one attached hydrogen (secondary N) is 1. The van der Waals surface area contributed by atoms with Crippen molar-refractivity contribution in [2.24, 2.45) is 5.10 Å². The van der Waals surface area contributed by atoms with Crippen LogP contribution in [0.15, 0.2) is 68.5 Å². The van der Waals surface area contributed by atoms with Crippen LogP contribution in [0.25, 0.3) is 21.5 Å². The molecule has 1 amide bonds. The normalized spacial score (nSPS) is 11.4. The highest BCUT2D eigenvalue weighted by Crippen LogP contribution is 2.35. The highest BCUT2D eigenvalue weighted by molar-refractivity contribution is 8.01. The molecule has 0 aliphatic heterocycles. The van der Waals surface area contributed by atoms with Crippen LogP contribution in [0.5, 0.6) is 0 Å². The van der Waals surface area contributed by atoms with E-state index in [1.807, 2.05) is 24.3 Å². The van der Waals surface area contributed by atoms with Crippen LogP contribution in [-0.4, -0.2) is 22.9 Å². The molecule has 0 saturated carbocycles. The zero-order valence-corrected chi connectivity index (χ0v) is 17.9. The van der Waals surface area contributed by atoms with Crippen LogP contribution in [0.4, 0.5) is 0 Å². The molecule has 9 heteroatoms. The summed E-state index contributed by atoms with van der Waals surface area (Å²) < 4.78 is 7.64. The first kappa shape index (κ1) is 20.0. The van der Waals surface area contributed by atoms with E-state index in [1.54, 1.807) is 41.7 Å². The molecule has 4 rings (SSSR count). The largest absolute Gasteiger partial charge is 0.455 e. The van der Waals surface area contributed by atoms with E-state index in [0.29, 0.717) is 27.1 Å². The number of furan rings is 1. The van der Waals surface area contributed by atoms with Crippen LogP contribution in [0.3, 0.4) is 0 Å². The minimum Gasteiger partial charge on any atom is -0.455 e. The summed E-state index contributed by atoms with van der Waals surface area (Å²) in [6.07, 6.45) is 1.43. The van der Waals surface area contributed by atoms with Crippen LogP contribution >= 0.6 is 46.3 Å². The fourth-order valence-electron chi connectivity index (χ4n) is 2.53. The summed E-state index contributed by atoms with van der Waals surface area (Å²) in [6.45, 7) is 0.